The second-order valence-electron chi connectivity index (χ2n) is 6.77. The molecule has 0 unspecified atom stereocenters. The summed E-state index contributed by atoms with van der Waals surface area (Å²) in [5.74, 6) is 0.443. The largest absolute Gasteiger partial charge is 0.369 e. The molecule has 6 nitrogen and oxygen atoms in total. The lowest BCUT2D eigenvalue weighted by atomic mass is 10.1. The lowest BCUT2D eigenvalue weighted by Crippen LogP contribution is -2.40. The predicted molar refractivity (Wildman–Crippen MR) is 99.9 cm³/mol. The SMILES string of the molecule is CCN1CCCN(C(=O)c2cccc(N3CCS(=O)(=O)CC3)c2)CC1. The Bertz CT molecular complexity index is 706. The number of rotatable bonds is 3. The molecule has 2 aliphatic rings. The molecule has 0 aromatic heterocycles. The van der Waals surface area contributed by atoms with E-state index in [0.717, 1.165) is 44.8 Å². The van der Waals surface area contributed by atoms with Gasteiger partial charge in [0.25, 0.3) is 5.91 Å². The zero-order valence-electron chi connectivity index (χ0n) is 14.9. The molecule has 0 N–H and O–H groups in total. The van der Waals surface area contributed by atoms with Gasteiger partial charge in [0, 0.05) is 44.0 Å². The van der Waals surface area contributed by atoms with Crippen LogP contribution < -0.4 is 4.90 Å². The zero-order valence-corrected chi connectivity index (χ0v) is 15.7. The van der Waals surface area contributed by atoms with Gasteiger partial charge in [-0.2, -0.15) is 0 Å². The molecular formula is C18H27N3O3S. The third kappa shape index (κ3) is 4.52. The molecule has 3 rings (SSSR count). The Hall–Kier alpha value is -1.60. The molecular weight excluding hydrogens is 338 g/mol. The monoisotopic (exact) mass is 365 g/mol. The Morgan fingerprint density at radius 2 is 1.80 bits per heavy atom. The van der Waals surface area contributed by atoms with E-state index in [1.165, 1.54) is 0 Å². The van der Waals surface area contributed by atoms with Crippen LogP contribution in [0.4, 0.5) is 5.69 Å². The third-order valence-electron chi connectivity index (χ3n) is 5.13. The van der Waals surface area contributed by atoms with E-state index < -0.39 is 9.84 Å². The van der Waals surface area contributed by atoms with E-state index in [0.29, 0.717) is 18.7 Å². The van der Waals surface area contributed by atoms with Crippen LogP contribution in [0.3, 0.4) is 0 Å². The first-order valence-corrected chi connectivity index (χ1v) is 10.9. The number of nitrogens with zero attached hydrogens (tertiary/aromatic N) is 3. The molecule has 2 fully saturated rings. The zero-order chi connectivity index (χ0) is 17.9. The van der Waals surface area contributed by atoms with Crippen LogP contribution in [-0.2, 0) is 9.84 Å². The number of amides is 1. The van der Waals surface area contributed by atoms with Crippen molar-refractivity contribution < 1.29 is 13.2 Å². The summed E-state index contributed by atoms with van der Waals surface area (Å²) in [5.41, 5.74) is 1.63. The van der Waals surface area contributed by atoms with Crippen LogP contribution in [0.25, 0.3) is 0 Å². The normalized spacial score (nSPS) is 21.8. The Morgan fingerprint density at radius 1 is 1.04 bits per heavy atom. The highest BCUT2D eigenvalue weighted by Crippen LogP contribution is 2.20. The van der Waals surface area contributed by atoms with E-state index in [9.17, 15) is 13.2 Å². The number of hydrogen-bond donors (Lipinski definition) is 0. The van der Waals surface area contributed by atoms with E-state index in [2.05, 4.69) is 16.7 Å². The van der Waals surface area contributed by atoms with Gasteiger partial charge in [-0.1, -0.05) is 13.0 Å². The summed E-state index contributed by atoms with van der Waals surface area (Å²) in [5, 5.41) is 0. The van der Waals surface area contributed by atoms with Gasteiger partial charge in [0.15, 0.2) is 9.84 Å². The molecule has 0 aliphatic carbocycles. The summed E-state index contributed by atoms with van der Waals surface area (Å²) in [6.07, 6.45) is 1.00. The molecule has 1 aromatic carbocycles. The summed E-state index contributed by atoms with van der Waals surface area (Å²) >= 11 is 0. The van der Waals surface area contributed by atoms with E-state index >= 15 is 0 Å². The summed E-state index contributed by atoms with van der Waals surface area (Å²) in [6, 6.07) is 7.61. The smallest absolute Gasteiger partial charge is 0.253 e. The number of carbonyl (C=O) groups is 1. The number of carbonyl (C=O) groups excluding carboxylic acids is 1. The Labute approximate surface area is 150 Å². The van der Waals surface area contributed by atoms with Crippen LogP contribution in [0.2, 0.25) is 0 Å². The van der Waals surface area contributed by atoms with Crippen molar-refractivity contribution in [3.8, 4) is 0 Å². The maximum Gasteiger partial charge on any atom is 0.253 e. The highest BCUT2D eigenvalue weighted by atomic mass is 32.2. The molecule has 138 valence electrons. The number of likely N-dealkylation sites (N-methyl/N-ethyl adjacent to an activating group) is 1. The first-order chi connectivity index (χ1) is 12.0. The van der Waals surface area contributed by atoms with E-state index in [-0.39, 0.29) is 17.4 Å². The van der Waals surface area contributed by atoms with Gasteiger partial charge in [-0.05, 0) is 37.7 Å². The molecule has 7 heteroatoms. The maximum atomic E-state index is 12.9. The molecule has 0 spiro atoms. The van der Waals surface area contributed by atoms with Crippen LogP contribution in [0.5, 0.6) is 0 Å². The lowest BCUT2D eigenvalue weighted by Gasteiger charge is -2.29. The van der Waals surface area contributed by atoms with Crippen LogP contribution >= 0.6 is 0 Å². The molecule has 2 aliphatic heterocycles. The van der Waals surface area contributed by atoms with Gasteiger partial charge in [-0.3, -0.25) is 4.79 Å². The minimum atomic E-state index is -2.90. The average Bonchev–Trinajstić information content (AvgIpc) is 2.87. The molecule has 25 heavy (non-hydrogen) atoms. The highest BCUT2D eigenvalue weighted by Gasteiger charge is 2.23. The van der Waals surface area contributed by atoms with E-state index in [4.69, 9.17) is 0 Å². The summed E-state index contributed by atoms with van der Waals surface area (Å²) in [4.78, 5) is 19.2. The van der Waals surface area contributed by atoms with Gasteiger partial charge >= 0.3 is 0 Å². The van der Waals surface area contributed by atoms with Crippen molar-refractivity contribution in [1.82, 2.24) is 9.80 Å². The quantitative estimate of drug-likeness (QED) is 0.802. The van der Waals surface area contributed by atoms with Gasteiger partial charge in [0.1, 0.15) is 0 Å². The average molecular weight is 365 g/mol. The molecule has 0 saturated carbocycles. The van der Waals surface area contributed by atoms with Gasteiger partial charge < -0.3 is 14.7 Å². The van der Waals surface area contributed by atoms with Gasteiger partial charge in [-0.25, -0.2) is 8.42 Å². The fourth-order valence-corrected chi connectivity index (χ4v) is 4.68. The van der Waals surface area contributed by atoms with Crippen LogP contribution in [0.15, 0.2) is 24.3 Å². The van der Waals surface area contributed by atoms with Crippen molar-refractivity contribution in [2.24, 2.45) is 0 Å². The van der Waals surface area contributed by atoms with Gasteiger partial charge in [0.05, 0.1) is 11.5 Å². The second-order valence-corrected chi connectivity index (χ2v) is 9.07. The van der Waals surface area contributed by atoms with Crippen molar-refractivity contribution >= 4 is 21.4 Å². The number of benzene rings is 1. The molecule has 1 aromatic rings. The third-order valence-corrected chi connectivity index (χ3v) is 6.73. The van der Waals surface area contributed by atoms with Crippen molar-refractivity contribution in [3.05, 3.63) is 29.8 Å². The van der Waals surface area contributed by atoms with Gasteiger partial charge in [0.2, 0.25) is 0 Å². The topological polar surface area (TPSA) is 60.9 Å². The molecule has 1 amide bonds. The standard InChI is InChI=1S/C18H27N3O3S/c1-2-19-7-4-8-21(10-9-19)18(22)16-5-3-6-17(15-16)20-11-13-25(23,24)14-12-20/h3,5-6,15H,2,4,7-14H2,1H3. The summed E-state index contributed by atoms with van der Waals surface area (Å²) in [6.45, 7) is 7.69. The van der Waals surface area contributed by atoms with Crippen LogP contribution in [-0.4, -0.2) is 81.4 Å². The Morgan fingerprint density at radius 3 is 2.52 bits per heavy atom. The van der Waals surface area contributed by atoms with Crippen LogP contribution in [0, 0.1) is 0 Å². The van der Waals surface area contributed by atoms with E-state index in [1.54, 1.807) is 0 Å². The number of sulfone groups is 1. The van der Waals surface area contributed by atoms with Crippen molar-refractivity contribution in [2.75, 3.05) is 62.2 Å². The fraction of sp³-hybridized carbons (Fsp3) is 0.611. The van der Waals surface area contributed by atoms with Crippen molar-refractivity contribution in [1.29, 1.82) is 0 Å². The lowest BCUT2D eigenvalue weighted by molar-refractivity contribution is 0.0762. The van der Waals surface area contributed by atoms with Crippen LogP contribution in [0.1, 0.15) is 23.7 Å². The molecule has 0 bridgehead atoms. The number of hydrogen-bond acceptors (Lipinski definition) is 5. The predicted octanol–water partition coefficient (Wildman–Crippen LogP) is 1.09. The van der Waals surface area contributed by atoms with Crippen molar-refractivity contribution in [3.63, 3.8) is 0 Å². The van der Waals surface area contributed by atoms with E-state index in [1.807, 2.05) is 29.2 Å². The molecule has 2 heterocycles. The minimum absolute atomic E-state index is 0.0736. The Balaban J connectivity index is 1.69. The molecule has 0 radical (unpaired) electrons. The summed E-state index contributed by atoms with van der Waals surface area (Å²) in [7, 11) is -2.90. The molecule has 0 atom stereocenters. The van der Waals surface area contributed by atoms with Crippen molar-refractivity contribution in [2.45, 2.75) is 13.3 Å². The maximum absolute atomic E-state index is 12.9. The van der Waals surface area contributed by atoms with Gasteiger partial charge in [-0.15, -0.1) is 0 Å². The summed E-state index contributed by atoms with van der Waals surface area (Å²) < 4.78 is 23.2. The minimum Gasteiger partial charge on any atom is -0.369 e. The Kier molecular flexibility index (Phi) is 5.64. The highest BCUT2D eigenvalue weighted by molar-refractivity contribution is 7.91. The number of anilines is 1. The first-order valence-electron chi connectivity index (χ1n) is 9.05. The second kappa shape index (κ2) is 7.74. The molecule has 2 saturated heterocycles. The fourth-order valence-electron chi connectivity index (χ4n) is 3.48. The first kappa shape index (κ1) is 18.2.